The number of imide groups is 1. The fourth-order valence-electron chi connectivity index (χ4n) is 2.76. The molecule has 0 radical (unpaired) electrons. The van der Waals surface area contributed by atoms with Crippen molar-refractivity contribution in [3.8, 4) is 0 Å². The molecular weight excluding hydrogens is 288 g/mol. The molecule has 2 aromatic carbocycles. The van der Waals surface area contributed by atoms with Gasteiger partial charge in [0, 0.05) is 12.6 Å². The van der Waals surface area contributed by atoms with E-state index in [1.165, 1.54) is 4.90 Å². The van der Waals surface area contributed by atoms with Gasteiger partial charge in [-0.05, 0) is 31.5 Å². The van der Waals surface area contributed by atoms with Crippen LogP contribution in [0.15, 0.2) is 54.6 Å². The van der Waals surface area contributed by atoms with E-state index in [-0.39, 0.29) is 17.9 Å². The number of hydrogen-bond donors (Lipinski definition) is 0. The van der Waals surface area contributed by atoms with Gasteiger partial charge >= 0.3 is 0 Å². The van der Waals surface area contributed by atoms with Gasteiger partial charge in [-0.15, -0.1) is 0 Å². The molecular formula is C19H20N2O2. The van der Waals surface area contributed by atoms with Crippen molar-refractivity contribution in [1.82, 2.24) is 9.80 Å². The summed E-state index contributed by atoms with van der Waals surface area (Å²) in [6.07, 6.45) is 0. The second-order valence-corrected chi connectivity index (χ2v) is 6.05. The number of benzene rings is 2. The third-order valence-corrected chi connectivity index (χ3v) is 4.16. The molecule has 0 spiro atoms. The smallest absolute Gasteiger partial charge is 0.262 e. The Morgan fingerprint density at radius 2 is 1.39 bits per heavy atom. The number of rotatable bonds is 5. The van der Waals surface area contributed by atoms with Crippen LogP contribution in [0.25, 0.3) is 0 Å². The molecule has 1 aliphatic heterocycles. The fraction of sp³-hybridized carbons (Fsp3) is 0.263. The van der Waals surface area contributed by atoms with Crippen molar-refractivity contribution in [3.05, 3.63) is 71.3 Å². The van der Waals surface area contributed by atoms with Crippen molar-refractivity contribution in [1.29, 1.82) is 0 Å². The van der Waals surface area contributed by atoms with Crippen LogP contribution in [-0.4, -0.2) is 34.3 Å². The normalized spacial score (nSPS) is 14.0. The average Bonchev–Trinajstić information content (AvgIpc) is 2.80. The highest BCUT2D eigenvalue weighted by molar-refractivity contribution is 6.21. The van der Waals surface area contributed by atoms with Crippen LogP contribution in [0.1, 0.15) is 40.1 Å². The van der Waals surface area contributed by atoms with Gasteiger partial charge < -0.3 is 0 Å². The maximum Gasteiger partial charge on any atom is 0.262 e. The van der Waals surface area contributed by atoms with E-state index in [4.69, 9.17) is 0 Å². The van der Waals surface area contributed by atoms with E-state index in [0.29, 0.717) is 24.3 Å². The number of carbonyl (C=O) groups excluding carboxylic acids is 2. The zero-order valence-corrected chi connectivity index (χ0v) is 13.4. The largest absolute Gasteiger partial charge is 0.279 e. The first-order chi connectivity index (χ1) is 11.1. The Balaban J connectivity index is 1.79. The van der Waals surface area contributed by atoms with Gasteiger partial charge in [0.15, 0.2) is 0 Å². The van der Waals surface area contributed by atoms with Crippen LogP contribution in [0.2, 0.25) is 0 Å². The molecule has 0 aliphatic carbocycles. The minimum Gasteiger partial charge on any atom is -0.279 e. The second-order valence-electron chi connectivity index (χ2n) is 6.05. The third kappa shape index (κ3) is 3.03. The average molecular weight is 308 g/mol. The lowest BCUT2D eigenvalue weighted by atomic mass is 10.1. The molecule has 0 aromatic heterocycles. The number of hydrogen-bond acceptors (Lipinski definition) is 3. The molecule has 0 saturated carbocycles. The van der Waals surface area contributed by atoms with Crippen molar-refractivity contribution < 1.29 is 9.59 Å². The molecule has 2 aromatic rings. The van der Waals surface area contributed by atoms with Crippen LogP contribution in [0.5, 0.6) is 0 Å². The summed E-state index contributed by atoms with van der Waals surface area (Å²) in [7, 11) is 0. The summed E-state index contributed by atoms with van der Waals surface area (Å²) in [6.45, 7) is 5.15. The summed E-state index contributed by atoms with van der Waals surface area (Å²) in [5.74, 6) is -0.409. The summed E-state index contributed by atoms with van der Waals surface area (Å²) in [5.41, 5.74) is 2.17. The predicted molar refractivity (Wildman–Crippen MR) is 88.9 cm³/mol. The summed E-state index contributed by atoms with van der Waals surface area (Å²) in [6, 6.07) is 17.3. The van der Waals surface area contributed by atoms with Crippen molar-refractivity contribution in [2.45, 2.75) is 26.4 Å². The van der Waals surface area contributed by atoms with Crippen molar-refractivity contribution in [2.75, 3.05) is 6.67 Å². The lowest BCUT2D eigenvalue weighted by molar-refractivity contribution is 0.0491. The maximum absolute atomic E-state index is 12.5. The van der Waals surface area contributed by atoms with Gasteiger partial charge in [-0.1, -0.05) is 42.5 Å². The zero-order valence-electron chi connectivity index (χ0n) is 13.4. The Kier molecular flexibility index (Phi) is 4.26. The number of fused-ring (bicyclic) bond motifs is 1. The molecule has 0 atom stereocenters. The van der Waals surface area contributed by atoms with Crippen LogP contribution in [0.3, 0.4) is 0 Å². The fourth-order valence-corrected chi connectivity index (χ4v) is 2.76. The first-order valence-corrected chi connectivity index (χ1v) is 7.81. The van der Waals surface area contributed by atoms with Gasteiger partial charge in [0.25, 0.3) is 11.8 Å². The molecule has 0 bridgehead atoms. The highest BCUT2D eigenvalue weighted by atomic mass is 16.2. The maximum atomic E-state index is 12.5. The summed E-state index contributed by atoms with van der Waals surface area (Å²) >= 11 is 0. The lowest BCUT2D eigenvalue weighted by Gasteiger charge is -2.30. The molecule has 0 unspecified atom stereocenters. The molecule has 0 fully saturated rings. The molecule has 1 aliphatic rings. The number of nitrogens with zero attached hydrogens (tertiary/aromatic N) is 2. The highest BCUT2D eigenvalue weighted by Gasteiger charge is 2.36. The van der Waals surface area contributed by atoms with Crippen LogP contribution in [0.4, 0.5) is 0 Å². The minimum absolute atomic E-state index is 0.204. The monoisotopic (exact) mass is 308 g/mol. The molecule has 3 rings (SSSR count). The predicted octanol–water partition coefficient (Wildman–Crippen LogP) is 3.15. The van der Waals surface area contributed by atoms with Gasteiger partial charge in [0.2, 0.25) is 0 Å². The number of carbonyl (C=O) groups is 2. The Labute approximate surface area is 136 Å². The molecule has 23 heavy (non-hydrogen) atoms. The first kappa shape index (κ1) is 15.4. The van der Waals surface area contributed by atoms with Gasteiger partial charge in [0.05, 0.1) is 17.8 Å². The van der Waals surface area contributed by atoms with E-state index in [1.807, 2.05) is 18.2 Å². The van der Waals surface area contributed by atoms with E-state index in [1.54, 1.807) is 24.3 Å². The Morgan fingerprint density at radius 3 is 1.91 bits per heavy atom. The SMILES string of the molecule is CC(C)N(Cc1ccccc1)CN1C(=O)c2ccccc2C1=O. The van der Waals surface area contributed by atoms with E-state index >= 15 is 0 Å². The zero-order chi connectivity index (χ0) is 16.4. The molecule has 1 heterocycles. The Hall–Kier alpha value is -2.46. The van der Waals surface area contributed by atoms with Crippen LogP contribution < -0.4 is 0 Å². The van der Waals surface area contributed by atoms with Crippen LogP contribution >= 0.6 is 0 Å². The van der Waals surface area contributed by atoms with Crippen molar-refractivity contribution >= 4 is 11.8 Å². The minimum atomic E-state index is -0.204. The van der Waals surface area contributed by atoms with Gasteiger partial charge in [0.1, 0.15) is 0 Å². The summed E-state index contributed by atoms with van der Waals surface area (Å²) in [4.78, 5) is 28.5. The van der Waals surface area contributed by atoms with E-state index in [0.717, 1.165) is 5.56 Å². The van der Waals surface area contributed by atoms with E-state index in [9.17, 15) is 9.59 Å². The van der Waals surface area contributed by atoms with Crippen LogP contribution in [-0.2, 0) is 6.54 Å². The first-order valence-electron chi connectivity index (χ1n) is 7.81. The van der Waals surface area contributed by atoms with E-state index in [2.05, 4.69) is 30.9 Å². The topological polar surface area (TPSA) is 40.6 Å². The molecule has 118 valence electrons. The molecule has 0 N–H and O–H groups in total. The summed E-state index contributed by atoms with van der Waals surface area (Å²) in [5, 5.41) is 0. The van der Waals surface area contributed by atoms with Gasteiger partial charge in [-0.25, -0.2) is 0 Å². The quantitative estimate of drug-likeness (QED) is 0.797. The van der Waals surface area contributed by atoms with Crippen LogP contribution in [0, 0.1) is 0 Å². The molecule has 4 heteroatoms. The number of amides is 2. The van der Waals surface area contributed by atoms with Crippen molar-refractivity contribution in [2.24, 2.45) is 0 Å². The summed E-state index contributed by atoms with van der Waals surface area (Å²) < 4.78 is 0. The van der Waals surface area contributed by atoms with Gasteiger partial charge in [-0.3, -0.25) is 19.4 Å². The third-order valence-electron chi connectivity index (χ3n) is 4.16. The molecule has 4 nitrogen and oxygen atoms in total. The molecule has 0 saturated heterocycles. The Bertz CT molecular complexity index is 690. The highest BCUT2D eigenvalue weighted by Crippen LogP contribution is 2.23. The van der Waals surface area contributed by atoms with Gasteiger partial charge in [-0.2, -0.15) is 0 Å². The Morgan fingerprint density at radius 1 is 0.870 bits per heavy atom. The second kappa shape index (κ2) is 6.34. The lowest BCUT2D eigenvalue weighted by Crippen LogP contribution is -2.43. The van der Waals surface area contributed by atoms with Crippen molar-refractivity contribution in [3.63, 3.8) is 0 Å². The molecule has 2 amide bonds. The van der Waals surface area contributed by atoms with E-state index < -0.39 is 0 Å². The standard InChI is InChI=1S/C19H20N2O2/c1-14(2)20(12-15-8-4-3-5-9-15)13-21-18(22)16-10-6-7-11-17(16)19(21)23/h3-11,14H,12-13H2,1-2H3.